The number of sulfone groups is 1. The summed E-state index contributed by atoms with van der Waals surface area (Å²) in [7, 11) is -0.118. The van der Waals surface area contributed by atoms with Crippen molar-refractivity contribution in [2.45, 2.75) is 18.1 Å². The first-order valence-corrected chi connectivity index (χ1v) is 11.8. The normalized spacial score (nSPS) is 12.8. The van der Waals surface area contributed by atoms with Gasteiger partial charge in [0.2, 0.25) is 5.75 Å². The Kier molecular flexibility index (Phi) is 5.84. The predicted molar refractivity (Wildman–Crippen MR) is 123 cm³/mol. The highest BCUT2D eigenvalue weighted by Crippen LogP contribution is 2.47. The number of rotatable bonds is 7. The van der Waals surface area contributed by atoms with Gasteiger partial charge in [-0.05, 0) is 35.4 Å². The van der Waals surface area contributed by atoms with Crippen LogP contribution in [0.15, 0.2) is 66.1 Å². The molecule has 1 aliphatic rings. The first-order valence-electron chi connectivity index (χ1n) is 9.94. The quantitative estimate of drug-likeness (QED) is 0.510. The molecule has 0 saturated heterocycles. The average Bonchev–Trinajstić information content (AvgIpc) is 3.17. The number of ether oxygens (including phenoxy) is 4. The summed E-state index contributed by atoms with van der Waals surface area (Å²) in [5.41, 5.74) is 4.63. The summed E-state index contributed by atoms with van der Waals surface area (Å²) in [6.07, 6.45) is 1.18. The summed E-state index contributed by atoms with van der Waals surface area (Å²) in [4.78, 5) is 0.265. The van der Waals surface area contributed by atoms with Gasteiger partial charge in [0.05, 0.1) is 19.1 Å². The van der Waals surface area contributed by atoms with E-state index < -0.39 is 9.84 Å². The number of hydrogen-bond donors (Lipinski definition) is 0. The number of methoxy groups -OCH3 is 2. The van der Waals surface area contributed by atoms with Crippen molar-refractivity contribution >= 4 is 15.6 Å². The lowest BCUT2D eigenvalue weighted by Crippen LogP contribution is -2.03. The average molecular weight is 453 g/mol. The molecule has 1 aliphatic heterocycles. The zero-order valence-corrected chi connectivity index (χ0v) is 19.0. The topological polar surface area (TPSA) is 71.1 Å². The fourth-order valence-electron chi connectivity index (χ4n) is 3.74. The minimum atomic E-state index is -3.26. The second-order valence-corrected chi connectivity index (χ2v) is 9.44. The van der Waals surface area contributed by atoms with Gasteiger partial charge in [-0.15, -0.1) is 0 Å². The van der Waals surface area contributed by atoms with E-state index in [1.807, 2.05) is 30.3 Å². The molecule has 166 valence electrons. The van der Waals surface area contributed by atoms with E-state index in [0.717, 1.165) is 27.8 Å². The standard InChI is InChI=1S/C25H24O6S/c1-16-19-6-5-7-20(22(19)15-30-16)21-12-13-23(28-2)25(29-3)24(21)31-14-17-8-10-18(11-9-17)32(4,26)27/h5-13H,1,14-15H2,2-4H3. The van der Waals surface area contributed by atoms with Crippen LogP contribution in [0, 0.1) is 0 Å². The molecule has 0 bridgehead atoms. The summed E-state index contributed by atoms with van der Waals surface area (Å²) in [5.74, 6) is 2.21. The molecule has 3 aromatic rings. The molecule has 0 fully saturated rings. The summed E-state index contributed by atoms with van der Waals surface area (Å²) < 4.78 is 46.4. The van der Waals surface area contributed by atoms with E-state index >= 15 is 0 Å². The summed E-state index contributed by atoms with van der Waals surface area (Å²) in [5, 5.41) is 0. The van der Waals surface area contributed by atoms with Gasteiger partial charge < -0.3 is 18.9 Å². The Balaban J connectivity index is 1.75. The van der Waals surface area contributed by atoms with Crippen LogP contribution in [0.1, 0.15) is 16.7 Å². The molecular weight excluding hydrogens is 428 g/mol. The van der Waals surface area contributed by atoms with Gasteiger partial charge in [-0.25, -0.2) is 8.42 Å². The van der Waals surface area contributed by atoms with Gasteiger partial charge in [-0.2, -0.15) is 0 Å². The molecular formula is C25H24O6S. The molecule has 7 heteroatoms. The molecule has 0 saturated carbocycles. The molecule has 0 atom stereocenters. The van der Waals surface area contributed by atoms with E-state index in [1.165, 1.54) is 6.26 Å². The van der Waals surface area contributed by atoms with Crippen molar-refractivity contribution in [2.24, 2.45) is 0 Å². The molecule has 3 aromatic carbocycles. The third-order valence-electron chi connectivity index (χ3n) is 5.39. The molecule has 0 N–H and O–H groups in total. The summed E-state index contributed by atoms with van der Waals surface area (Å²) in [6, 6.07) is 16.3. The maximum Gasteiger partial charge on any atom is 0.203 e. The lowest BCUT2D eigenvalue weighted by atomic mass is 9.95. The Bertz CT molecular complexity index is 1280. The van der Waals surface area contributed by atoms with Crippen LogP contribution in [-0.2, 0) is 27.8 Å². The molecule has 32 heavy (non-hydrogen) atoms. The van der Waals surface area contributed by atoms with Crippen molar-refractivity contribution in [2.75, 3.05) is 20.5 Å². The van der Waals surface area contributed by atoms with Gasteiger partial charge in [-0.3, -0.25) is 0 Å². The third-order valence-corrected chi connectivity index (χ3v) is 6.52. The van der Waals surface area contributed by atoms with Crippen LogP contribution >= 0.6 is 0 Å². The number of fused-ring (bicyclic) bond motifs is 1. The molecule has 0 aliphatic carbocycles. The highest BCUT2D eigenvalue weighted by molar-refractivity contribution is 7.90. The van der Waals surface area contributed by atoms with E-state index in [9.17, 15) is 8.42 Å². The maximum absolute atomic E-state index is 11.7. The van der Waals surface area contributed by atoms with Crippen molar-refractivity contribution in [1.82, 2.24) is 0 Å². The summed E-state index contributed by atoms with van der Waals surface area (Å²) >= 11 is 0. The SMILES string of the molecule is C=C1OCc2c1cccc2-c1ccc(OC)c(OC)c1OCc1ccc(S(C)(=O)=O)cc1. The minimum Gasteiger partial charge on any atom is -0.493 e. The van der Waals surface area contributed by atoms with Gasteiger partial charge in [0.15, 0.2) is 21.3 Å². The molecule has 1 heterocycles. The first kappa shape index (κ1) is 21.8. The third kappa shape index (κ3) is 4.03. The van der Waals surface area contributed by atoms with E-state index in [-0.39, 0.29) is 11.5 Å². The molecule has 0 amide bonds. The van der Waals surface area contributed by atoms with E-state index in [0.29, 0.717) is 29.6 Å². The Labute approximate surface area is 187 Å². The molecule has 0 radical (unpaired) electrons. The second-order valence-electron chi connectivity index (χ2n) is 7.43. The Hall–Kier alpha value is -3.45. The van der Waals surface area contributed by atoms with Gasteiger partial charge in [0.1, 0.15) is 19.0 Å². The Morgan fingerprint density at radius 3 is 2.28 bits per heavy atom. The van der Waals surface area contributed by atoms with Crippen LogP contribution in [0.5, 0.6) is 17.2 Å². The maximum atomic E-state index is 11.7. The van der Waals surface area contributed by atoms with E-state index in [2.05, 4.69) is 6.58 Å². The number of hydrogen-bond acceptors (Lipinski definition) is 6. The molecule has 0 unspecified atom stereocenters. The van der Waals surface area contributed by atoms with Crippen molar-refractivity contribution in [3.05, 3.63) is 77.9 Å². The minimum absolute atomic E-state index is 0.221. The van der Waals surface area contributed by atoms with Crippen LogP contribution < -0.4 is 14.2 Å². The van der Waals surface area contributed by atoms with Crippen molar-refractivity contribution in [1.29, 1.82) is 0 Å². The van der Waals surface area contributed by atoms with Crippen molar-refractivity contribution in [3.8, 4) is 28.4 Å². The zero-order chi connectivity index (χ0) is 22.9. The highest BCUT2D eigenvalue weighted by atomic mass is 32.2. The van der Waals surface area contributed by atoms with Crippen molar-refractivity contribution < 1.29 is 27.4 Å². The molecule has 0 aromatic heterocycles. The lowest BCUT2D eigenvalue weighted by Gasteiger charge is -2.19. The van der Waals surface area contributed by atoms with Crippen molar-refractivity contribution in [3.63, 3.8) is 0 Å². The van der Waals surface area contributed by atoms with E-state index in [1.54, 1.807) is 38.5 Å². The van der Waals surface area contributed by atoms with Crippen LogP contribution in [0.25, 0.3) is 16.9 Å². The van der Waals surface area contributed by atoms with Crippen LogP contribution in [-0.4, -0.2) is 28.9 Å². The fourth-order valence-corrected chi connectivity index (χ4v) is 4.37. The predicted octanol–water partition coefficient (Wildman–Crippen LogP) is 4.85. The lowest BCUT2D eigenvalue weighted by molar-refractivity contribution is 0.276. The molecule has 0 spiro atoms. The highest BCUT2D eigenvalue weighted by Gasteiger charge is 2.24. The molecule has 4 rings (SSSR count). The van der Waals surface area contributed by atoms with Crippen LogP contribution in [0.2, 0.25) is 0 Å². The summed E-state index contributed by atoms with van der Waals surface area (Å²) in [6.45, 7) is 4.63. The smallest absolute Gasteiger partial charge is 0.203 e. The number of benzene rings is 3. The van der Waals surface area contributed by atoms with Gasteiger partial charge in [0, 0.05) is 22.9 Å². The largest absolute Gasteiger partial charge is 0.493 e. The molecule has 6 nitrogen and oxygen atoms in total. The van der Waals surface area contributed by atoms with Crippen LogP contribution in [0.4, 0.5) is 0 Å². The zero-order valence-electron chi connectivity index (χ0n) is 18.2. The van der Waals surface area contributed by atoms with Gasteiger partial charge >= 0.3 is 0 Å². The first-order chi connectivity index (χ1) is 15.3. The van der Waals surface area contributed by atoms with E-state index in [4.69, 9.17) is 18.9 Å². The second kappa shape index (κ2) is 8.59. The monoisotopic (exact) mass is 452 g/mol. The Morgan fingerprint density at radius 2 is 1.62 bits per heavy atom. The van der Waals surface area contributed by atoms with Gasteiger partial charge in [0.25, 0.3) is 0 Å². The van der Waals surface area contributed by atoms with Gasteiger partial charge in [-0.1, -0.05) is 36.9 Å². The van der Waals surface area contributed by atoms with Crippen LogP contribution in [0.3, 0.4) is 0 Å². The Morgan fingerprint density at radius 1 is 0.906 bits per heavy atom. The fraction of sp³-hybridized carbons (Fsp3) is 0.200.